The molecule has 1 saturated carbocycles. The number of carbonyl (C=O) groups excluding carboxylic acids is 3. The minimum absolute atomic E-state index is 0.0951. The van der Waals surface area contributed by atoms with Crippen molar-refractivity contribution in [3.8, 4) is 0 Å². The summed E-state index contributed by atoms with van der Waals surface area (Å²) in [7, 11) is 1.66. The van der Waals surface area contributed by atoms with Crippen molar-refractivity contribution >= 4 is 23.3 Å². The first-order valence-corrected chi connectivity index (χ1v) is 8.94. The van der Waals surface area contributed by atoms with E-state index in [0.29, 0.717) is 37.4 Å². The third-order valence-electron chi connectivity index (χ3n) is 5.25. The average Bonchev–Trinajstić information content (AvgIpc) is 3.12. The predicted molar refractivity (Wildman–Crippen MR) is 98.0 cm³/mol. The number of anilines is 1. The van der Waals surface area contributed by atoms with Gasteiger partial charge in [-0.05, 0) is 43.2 Å². The maximum absolute atomic E-state index is 13.0. The molecule has 0 aromatic heterocycles. The van der Waals surface area contributed by atoms with Crippen LogP contribution in [0.3, 0.4) is 0 Å². The van der Waals surface area contributed by atoms with Crippen molar-refractivity contribution in [2.75, 3.05) is 31.7 Å². The van der Waals surface area contributed by atoms with E-state index in [0.717, 1.165) is 12.8 Å². The van der Waals surface area contributed by atoms with Crippen molar-refractivity contribution in [1.29, 1.82) is 0 Å². The summed E-state index contributed by atoms with van der Waals surface area (Å²) in [4.78, 5) is 40.1. The molecule has 2 unspecified atom stereocenters. The quantitative estimate of drug-likeness (QED) is 0.775. The number of ether oxygens (including phenoxy) is 1. The lowest BCUT2D eigenvalue weighted by Gasteiger charge is -2.38. The molecule has 0 N–H and O–H groups in total. The highest BCUT2D eigenvalue weighted by atomic mass is 16.5. The molecule has 2 fully saturated rings. The average molecular weight is 356 g/mol. The van der Waals surface area contributed by atoms with E-state index < -0.39 is 0 Å². The van der Waals surface area contributed by atoms with Gasteiger partial charge < -0.3 is 14.5 Å². The second-order valence-electron chi connectivity index (χ2n) is 6.75. The van der Waals surface area contributed by atoms with Gasteiger partial charge in [-0.2, -0.15) is 0 Å². The fraction of sp³-hybridized carbons (Fsp3) is 0.450. The lowest BCUT2D eigenvalue weighted by Crippen LogP contribution is -2.53. The van der Waals surface area contributed by atoms with Gasteiger partial charge >= 0.3 is 0 Å². The molecule has 1 heterocycles. The van der Waals surface area contributed by atoms with Crippen molar-refractivity contribution in [1.82, 2.24) is 4.90 Å². The van der Waals surface area contributed by atoms with Crippen LogP contribution in [-0.2, 0) is 14.3 Å². The molecule has 1 aliphatic heterocycles. The van der Waals surface area contributed by atoms with Crippen LogP contribution in [0.4, 0.5) is 5.69 Å². The fourth-order valence-electron chi connectivity index (χ4n) is 3.72. The number of hydrogen-bond donors (Lipinski definition) is 0. The number of hydrogen-bond acceptors (Lipinski definition) is 4. The smallest absolute Gasteiger partial charge is 0.254 e. The summed E-state index contributed by atoms with van der Waals surface area (Å²) < 4.78 is 5.55. The van der Waals surface area contributed by atoms with Crippen molar-refractivity contribution in [3.63, 3.8) is 0 Å². The van der Waals surface area contributed by atoms with Crippen LogP contribution < -0.4 is 4.90 Å². The Morgan fingerprint density at radius 1 is 1.31 bits per heavy atom. The van der Waals surface area contributed by atoms with Crippen molar-refractivity contribution in [2.45, 2.75) is 25.3 Å². The van der Waals surface area contributed by atoms with Crippen LogP contribution in [0, 0.1) is 5.92 Å². The van der Waals surface area contributed by atoms with E-state index in [2.05, 4.69) is 6.58 Å². The maximum atomic E-state index is 13.0. The largest absolute Gasteiger partial charge is 0.377 e. The lowest BCUT2D eigenvalue weighted by atomic mass is 9.94. The van der Waals surface area contributed by atoms with Crippen LogP contribution in [-0.4, -0.2) is 55.3 Å². The van der Waals surface area contributed by atoms with Gasteiger partial charge in [0.05, 0.1) is 19.3 Å². The van der Waals surface area contributed by atoms with Gasteiger partial charge in [0.25, 0.3) is 5.91 Å². The number of ketones is 1. The van der Waals surface area contributed by atoms with Gasteiger partial charge in [-0.15, -0.1) is 0 Å². The number of carbonyl (C=O) groups is 3. The molecule has 2 aliphatic rings. The molecule has 2 amide bonds. The Bertz CT molecular complexity index is 713. The highest BCUT2D eigenvalue weighted by Crippen LogP contribution is 2.30. The predicted octanol–water partition coefficient (Wildman–Crippen LogP) is 2.05. The summed E-state index contributed by atoms with van der Waals surface area (Å²) in [5.74, 6) is -0.188. The monoisotopic (exact) mass is 356 g/mol. The van der Waals surface area contributed by atoms with Gasteiger partial charge in [-0.3, -0.25) is 14.4 Å². The van der Waals surface area contributed by atoms with Crippen molar-refractivity contribution in [3.05, 3.63) is 42.5 Å². The van der Waals surface area contributed by atoms with E-state index >= 15 is 0 Å². The molecule has 3 rings (SSSR count). The maximum Gasteiger partial charge on any atom is 0.254 e. The van der Waals surface area contributed by atoms with Crippen LogP contribution in [0.15, 0.2) is 36.9 Å². The Labute approximate surface area is 153 Å². The van der Waals surface area contributed by atoms with Gasteiger partial charge in [-0.25, -0.2) is 0 Å². The standard InChI is InChI=1S/C20H24N2O4/c1-3-19(24)21(2)15-9-7-14(8-10-15)20(25)22-11-12-26-13-17(22)16-5-4-6-18(16)23/h3,7-10,16-17H,1,4-6,11-13H2,2H3. The summed E-state index contributed by atoms with van der Waals surface area (Å²) in [6.45, 7) is 4.86. The minimum Gasteiger partial charge on any atom is -0.377 e. The van der Waals surface area contributed by atoms with Gasteiger partial charge in [0.1, 0.15) is 5.78 Å². The SMILES string of the molecule is C=CC(=O)N(C)c1ccc(C(=O)N2CCOCC2C2CCCC2=O)cc1. The Morgan fingerprint density at radius 2 is 2.04 bits per heavy atom. The third kappa shape index (κ3) is 3.55. The highest BCUT2D eigenvalue weighted by Gasteiger charge is 2.39. The van der Waals surface area contributed by atoms with Crippen LogP contribution in [0.1, 0.15) is 29.6 Å². The number of Topliss-reactive ketones (excluding diaryl/α,β-unsaturated/α-hetero) is 1. The van der Waals surface area contributed by atoms with Gasteiger partial charge in [0.15, 0.2) is 0 Å². The molecular formula is C20H24N2O4. The normalized spacial score (nSPS) is 23.0. The molecule has 0 radical (unpaired) electrons. The molecule has 2 atom stereocenters. The van der Waals surface area contributed by atoms with Crippen LogP contribution in [0.2, 0.25) is 0 Å². The second kappa shape index (κ2) is 7.83. The molecule has 138 valence electrons. The molecule has 6 heteroatoms. The molecule has 6 nitrogen and oxygen atoms in total. The van der Waals surface area contributed by atoms with E-state index in [4.69, 9.17) is 4.74 Å². The van der Waals surface area contributed by atoms with Crippen LogP contribution >= 0.6 is 0 Å². The summed E-state index contributed by atoms with van der Waals surface area (Å²) in [5.41, 5.74) is 1.24. The zero-order valence-electron chi connectivity index (χ0n) is 15.0. The van der Waals surface area contributed by atoms with E-state index in [9.17, 15) is 14.4 Å². The zero-order chi connectivity index (χ0) is 18.7. The molecule has 0 spiro atoms. The van der Waals surface area contributed by atoms with Gasteiger partial charge in [0.2, 0.25) is 5.91 Å². The first kappa shape index (κ1) is 18.3. The van der Waals surface area contributed by atoms with E-state index in [1.165, 1.54) is 11.0 Å². The number of nitrogens with zero attached hydrogens (tertiary/aromatic N) is 2. The second-order valence-corrected chi connectivity index (χ2v) is 6.75. The summed E-state index contributed by atoms with van der Waals surface area (Å²) in [6, 6.07) is 6.73. The first-order valence-electron chi connectivity index (χ1n) is 8.94. The van der Waals surface area contributed by atoms with Gasteiger partial charge in [-0.1, -0.05) is 6.58 Å². The Hall–Kier alpha value is -2.47. The molecule has 26 heavy (non-hydrogen) atoms. The number of rotatable bonds is 4. The minimum atomic E-state index is -0.211. The molecule has 1 aromatic carbocycles. The number of morpholine rings is 1. The Morgan fingerprint density at radius 3 is 2.65 bits per heavy atom. The molecule has 1 aromatic rings. The molecule has 1 saturated heterocycles. The Kier molecular flexibility index (Phi) is 5.52. The Balaban J connectivity index is 1.77. The number of likely N-dealkylation sites (N-methyl/N-ethyl adjacent to an activating group) is 1. The summed E-state index contributed by atoms with van der Waals surface area (Å²) in [5, 5.41) is 0. The van der Waals surface area contributed by atoms with Crippen molar-refractivity contribution < 1.29 is 19.1 Å². The third-order valence-corrected chi connectivity index (χ3v) is 5.25. The lowest BCUT2D eigenvalue weighted by molar-refractivity contribution is -0.124. The van der Waals surface area contributed by atoms with E-state index in [1.54, 1.807) is 36.2 Å². The molecule has 0 bridgehead atoms. The molecular weight excluding hydrogens is 332 g/mol. The fourth-order valence-corrected chi connectivity index (χ4v) is 3.72. The van der Waals surface area contributed by atoms with E-state index in [1.807, 2.05) is 0 Å². The highest BCUT2D eigenvalue weighted by molar-refractivity contribution is 6.01. The summed E-state index contributed by atoms with van der Waals surface area (Å²) >= 11 is 0. The number of benzene rings is 1. The molecule has 1 aliphatic carbocycles. The first-order chi connectivity index (χ1) is 12.5. The summed E-state index contributed by atoms with van der Waals surface area (Å²) in [6.07, 6.45) is 3.56. The zero-order valence-corrected chi connectivity index (χ0v) is 15.0. The van der Waals surface area contributed by atoms with E-state index in [-0.39, 0.29) is 29.6 Å². The van der Waals surface area contributed by atoms with Crippen LogP contribution in [0.25, 0.3) is 0 Å². The van der Waals surface area contributed by atoms with Crippen LogP contribution in [0.5, 0.6) is 0 Å². The van der Waals surface area contributed by atoms with Crippen molar-refractivity contribution in [2.24, 2.45) is 5.92 Å². The number of amides is 2. The van der Waals surface area contributed by atoms with Gasteiger partial charge in [0, 0.05) is 37.2 Å². The topological polar surface area (TPSA) is 66.9 Å².